The van der Waals surface area contributed by atoms with Gasteiger partial charge in [0.2, 0.25) is 5.91 Å². The quantitative estimate of drug-likeness (QED) is 0.700. The summed E-state index contributed by atoms with van der Waals surface area (Å²) in [5.41, 5.74) is 1.84. The number of fused-ring (bicyclic) bond motifs is 1. The average Bonchev–Trinajstić information content (AvgIpc) is 2.62. The van der Waals surface area contributed by atoms with Gasteiger partial charge in [-0.1, -0.05) is 13.3 Å². The number of hydrogen-bond acceptors (Lipinski definition) is 6. The predicted molar refractivity (Wildman–Crippen MR) is 98.7 cm³/mol. The lowest BCUT2D eigenvalue weighted by molar-refractivity contribution is -0.308. The van der Waals surface area contributed by atoms with Gasteiger partial charge in [-0.2, -0.15) is 0 Å². The monoisotopic (exact) mass is 374 g/mol. The molecule has 1 heterocycles. The number of rotatable bonds is 8. The predicted octanol–water partition coefficient (Wildman–Crippen LogP) is 1.39. The minimum atomic E-state index is -1.31. The van der Waals surface area contributed by atoms with Gasteiger partial charge in [-0.15, -0.1) is 0 Å². The number of aliphatic carboxylic acids is 1. The fourth-order valence-electron chi connectivity index (χ4n) is 3.12. The number of carbonyl (C=O) groups excluding carboxylic acids is 2. The third-order valence-electron chi connectivity index (χ3n) is 4.67. The maximum Gasteiger partial charge on any atom is 0.339 e. The molecular formula is C20H24NO6-. The first-order valence-corrected chi connectivity index (χ1v) is 8.90. The maximum atomic E-state index is 12.4. The first-order chi connectivity index (χ1) is 12.8. The number of ether oxygens (including phenoxy) is 1. The van der Waals surface area contributed by atoms with Crippen molar-refractivity contribution in [3.63, 3.8) is 0 Å². The Kier molecular flexibility index (Phi) is 6.60. The van der Waals surface area contributed by atoms with Crippen LogP contribution in [0, 0.1) is 13.8 Å². The molecule has 1 aromatic carbocycles. The van der Waals surface area contributed by atoms with E-state index >= 15 is 0 Å². The number of hydrogen-bond donors (Lipinski definition) is 1. The molecule has 0 saturated heterocycles. The zero-order valence-electron chi connectivity index (χ0n) is 16.0. The fraction of sp³-hybridized carbons (Fsp3) is 0.450. The van der Waals surface area contributed by atoms with Crippen LogP contribution < -0.4 is 20.8 Å². The zero-order valence-corrected chi connectivity index (χ0v) is 16.0. The summed E-state index contributed by atoms with van der Waals surface area (Å²) in [5.74, 6) is -1.13. The van der Waals surface area contributed by atoms with Gasteiger partial charge in [-0.25, -0.2) is 4.79 Å². The molecule has 1 amide bonds. The van der Waals surface area contributed by atoms with Gasteiger partial charge >= 0.3 is 5.63 Å². The fourth-order valence-corrected chi connectivity index (χ4v) is 3.12. The number of methoxy groups -OCH3 is 1. The Bertz CT molecular complexity index is 915. The minimum Gasteiger partial charge on any atom is -0.548 e. The summed E-state index contributed by atoms with van der Waals surface area (Å²) in [7, 11) is 1.55. The van der Waals surface area contributed by atoms with E-state index in [9.17, 15) is 19.5 Å². The van der Waals surface area contributed by atoms with Crippen LogP contribution in [0.3, 0.4) is 0 Å². The third-order valence-corrected chi connectivity index (χ3v) is 4.67. The lowest BCUT2D eigenvalue weighted by atomic mass is 10.00. The van der Waals surface area contributed by atoms with Gasteiger partial charge in [0, 0.05) is 22.9 Å². The summed E-state index contributed by atoms with van der Waals surface area (Å²) in [4.78, 5) is 35.5. The number of benzene rings is 1. The van der Waals surface area contributed by atoms with E-state index in [-0.39, 0.29) is 12.8 Å². The summed E-state index contributed by atoms with van der Waals surface area (Å²) in [6, 6.07) is 2.60. The molecule has 0 bridgehead atoms. The molecule has 0 unspecified atom stereocenters. The minimum absolute atomic E-state index is 0.0141. The zero-order chi connectivity index (χ0) is 20.1. The highest BCUT2D eigenvalue weighted by atomic mass is 16.5. The van der Waals surface area contributed by atoms with Crippen LogP contribution in [0.15, 0.2) is 21.3 Å². The van der Waals surface area contributed by atoms with Crippen molar-refractivity contribution in [1.29, 1.82) is 0 Å². The lowest BCUT2D eigenvalue weighted by Gasteiger charge is -2.19. The van der Waals surface area contributed by atoms with Gasteiger partial charge in [-0.05, 0) is 44.4 Å². The Morgan fingerprint density at radius 1 is 1.26 bits per heavy atom. The molecule has 27 heavy (non-hydrogen) atoms. The summed E-state index contributed by atoms with van der Waals surface area (Å²) in [5, 5.41) is 14.3. The molecular weight excluding hydrogens is 350 g/mol. The first kappa shape index (κ1) is 20.5. The van der Waals surface area contributed by atoms with Crippen LogP contribution in [-0.2, 0) is 16.0 Å². The summed E-state index contributed by atoms with van der Waals surface area (Å²) in [6.07, 6.45) is 1.05. The largest absolute Gasteiger partial charge is 0.548 e. The van der Waals surface area contributed by atoms with Crippen molar-refractivity contribution in [2.75, 3.05) is 7.11 Å². The number of carbonyl (C=O) groups is 2. The van der Waals surface area contributed by atoms with E-state index in [1.165, 1.54) is 0 Å². The Balaban J connectivity index is 2.23. The molecule has 0 fully saturated rings. The van der Waals surface area contributed by atoms with Crippen molar-refractivity contribution < 1.29 is 23.8 Å². The molecule has 0 spiro atoms. The second kappa shape index (κ2) is 8.70. The average molecular weight is 374 g/mol. The first-order valence-electron chi connectivity index (χ1n) is 8.90. The molecule has 7 nitrogen and oxygen atoms in total. The van der Waals surface area contributed by atoms with Gasteiger partial charge in [-0.3, -0.25) is 4.79 Å². The van der Waals surface area contributed by atoms with E-state index in [0.29, 0.717) is 29.7 Å². The highest BCUT2D eigenvalue weighted by Crippen LogP contribution is 2.29. The van der Waals surface area contributed by atoms with Crippen LogP contribution >= 0.6 is 0 Å². The molecule has 146 valence electrons. The number of nitrogens with one attached hydrogen (secondary N) is 1. The van der Waals surface area contributed by atoms with Crippen molar-refractivity contribution in [3.05, 3.63) is 39.2 Å². The van der Waals surface area contributed by atoms with Gasteiger partial charge < -0.3 is 24.4 Å². The van der Waals surface area contributed by atoms with Crippen LogP contribution in [0.5, 0.6) is 5.75 Å². The molecule has 1 aromatic heterocycles. The van der Waals surface area contributed by atoms with Gasteiger partial charge in [0.25, 0.3) is 0 Å². The Morgan fingerprint density at radius 3 is 2.56 bits per heavy atom. The van der Waals surface area contributed by atoms with Crippen molar-refractivity contribution in [2.45, 2.75) is 52.5 Å². The Labute approximate surface area is 157 Å². The van der Waals surface area contributed by atoms with Crippen molar-refractivity contribution in [3.8, 4) is 5.75 Å². The molecule has 7 heteroatoms. The second-order valence-corrected chi connectivity index (χ2v) is 6.49. The highest BCUT2D eigenvalue weighted by molar-refractivity contribution is 5.86. The van der Waals surface area contributed by atoms with E-state index in [4.69, 9.17) is 9.15 Å². The molecule has 1 atom stereocenters. The molecule has 1 N–H and O–H groups in total. The highest BCUT2D eigenvalue weighted by Gasteiger charge is 2.17. The van der Waals surface area contributed by atoms with Crippen molar-refractivity contribution in [2.24, 2.45) is 0 Å². The maximum absolute atomic E-state index is 12.4. The van der Waals surface area contributed by atoms with Gasteiger partial charge in [0.15, 0.2) is 0 Å². The molecule has 0 radical (unpaired) electrons. The molecule has 0 saturated carbocycles. The smallest absolute Gasteiger partial charge is 0.339 e. The van der Waals surface area contributed by atoms with Gasteiger partial charge in [0.1, 0.15) is 11.3 Å². The topological polar surface area (TPSA) is 109 Å². The van der Waals surface area contributed by atoms with Crippen molar-refractivity contribution in [1.82, 2.24) is 5.32 Å². The second-order valence-electron chi connectivity index (χ2n) is 6.49. The Morgan fingerprint density at radius 2 is 1.96 bits per heavy atom. The SMILES string of the molecule is CCC[C@@H](NC(=O)CCc1c(C)c2ccc(OC)c(C)c2oc1=O)C(=O)[O-]. The molecule has 0 aliphatic heterocycles. The van der Waals surface area contributed by atoms with E-state index in [1.54, 1.807) is 20.1 Å². The van der Waals surface area contributed by atoms with E-state index in [1.807, 2.05) is 19.9 Å². The van der Waals surface area contributed by atoms with E-state index < -0.39 is 23.5 Å². The van der Waals surface area contributed by atoms with Crippen LogP contribution in [0.4, 0.5) is 0 Å². The van der Waals surface area contributed by atoms with Gasteiger partial charge in [0.05, 0.1) is 19.1 Å². The van der Waals surface area contributed by atoms with Crippen LogP contribution in [-0.4, -0.2) is 25.0 Å². The molecule has 0 aliphatic carbocycles. The summed E-state index contributed by atoms with van der Waals surface area (Å²) in [6.45, 7) is 5.44. The van der Waals surface area contributed by atoms with Crippen molar-refractivity contribution >= 4 is 22.8 Å². The normalized spacial score (nSPS) is 12.0. The molecule has 2 aromatic rings. The van der Waals surface area contributed by atoms with Crippen LogP contribution in [0.2, 0.25) is 0 Å². The molecule has 2 rings (SSSR count). The molecule has 0 aliphatic rings. The summed E-state index contributed by atoms with van der Waals surface area (Å²) >= 11 is 0. The van der Waals surface area contributed by atoms with Crippen LogP contribution in [0.1, 0.15) is 42.9 Å². The Hall–Kier alpha value is -2.83. The number of amides is 1. The number of carboxylic acid groups (broad SMARTS) is 1. The van der Waals surface area contributed by atoms with Crippen LogP contribution in [0.25, 0.3) is 11.0 Å². The van der Waals surface area contributed by atoms with E-state index in [2.05, 4.69) is 5.32 Å². The number of carboxylic acids is 1. The number of aryl methyl sites for hydroxylation is 2. The summed E-state index contributed by atoms with van der Waals surface area (Å²) < 4.78 is 10.7. The van der Waals surface area contributed by atoms with E-state index in [0.717, 1.165) is 16.5 Å². The lowest BCUT2D eigenvalue weighted by Crippen LogP contribution is -2.47. The third kappa shape index (κ3) is 4.48. The standard InChI is InChI=1S/C20H25NO6/c1-5-6-15(19(23)24)21-17(22)10-8-14-11(2)13-7-9-16(26-4)12(3)18(13)27-20(14)25/h7,9,15H,5-6,8,10H2,1-4H3,(H,21,22)(H,23,24)/p-1/t15-/m1/s1.